The Hall–Kier alpha value is -2.61. The SMILES string of the molecule is Cc1cc(C)c(C#N)c(Oc2c(N)cccc2F)n1. The fraction of sp³-hybridized carbons (Fsp3) is 0.143. The summed E-state index contributed by atoms with van der Waals surface area (Å²) in [6, 6.07) is 8.00. The van der Waals surface area contributed by atoms with E-state index in [-0.39, 0.29) is 22.9 Å². The molecule has 0 aliphatic heterocycles. The van der Waals surface area contributed by atoms with Crippen LogP contribution in [-0.2, 0) is 0 Å². The number of hydrogen-bond donors (Lipinski definition) is 1. The molecule has 4 nitrogen and oxygen atoms in total. The molecule has 0 bridgehead atoms. The highest BCUT2D eigenvalue weighted by molar-refractivity contribution is 5.56. The van der Waals surface area contributed by atoms with E-state index in [0.717, 1.165) is 5.56 Å². The van der Waals surface area contributed by atoms with E-state index in [9.17, 15) is 4.39 Å². The zero-order chi connectivity index (χ0) is 14.0. The number of benzene rings is 1. The summed E-state index contributed by atoms with van der Waals surface area (Å²) < 4.78 is 19.0. The highest BCUT2D eigenvalue weighted by Crippen LogP contribution is 2.31. The second-order valence-electron chi connectivity index (χ2n) is 4.13. The molecule has 2 aromatic rings. The molecule has 2 N–H and O–H groups in total. The van der Waals surface area contributed by atoms with Crippen LogP contribution in [0.2, 0.25) is 0 Å². The van der Waals surface area contributed by atoms with Crippen LogP contribution in [0, 0.1) is 31.0 Å². The molecular weight excluding hydrogens is 245 g/mol. The number of ether oxygens (including phenoxy) is 1. The number of nitrogens with two attached hydrogens (primary N) is 1. The van der Waals surface area contributed by atoms with Crippen molar-refractivity contribution in [1.29, 1.82) is 5.26 Å². The van der Waals surface area contributed by atoms with Crippen molar-refractivity contribution in [2.24, 2.45) is 0 Å². The van der Waals surface area contributed by atoms with Crippen molar-refractivity contribution in [3.63, 3.8) is 0 Å². The van der Waals surface area contributed by atoms with Gasteiger partial charge in [-0.2, -0.15) is 5.26 Å². The maximum atomic E-state index is 13.7. The second kappa shape index (κ2) is 4.94. The standard InChI is InChI=1S/C14H12FN3O/c1-8-6-9(2)18-14(10(8)7-16)19-13-11(15)4-3-5-12(13)17/h3-6H,17H2,1-2H3. The summed E-state index contributed by atoms with van der Waals surface area (Å²) in [5.41, 5.74) is 7.49. The van der Waals surface area contributed by atoms with E-state index in [1.807, 2.05) is 6.07 Å². The molecule has 1 aromatic carbocycles. The Morgan fingerprint density at radius 2 is 2.11 bits per heavy atom. The number of para-hydroxylation sites is 1. The van der Waals surface area contributed by atoms with Crippen LogP contribution in [0.4, 0.5) is 10.1 Å². The lowest BCUT2D eigenvalue weighted by Crippen LogP contribution is -2.00. The zero-order valence-corrected chi connectivity index (χ0v) is 10.6. The van der Waals surface area contributed by atoms with Crippen LogP contribution >= 0.6 is 0 Å². The Kier molecular flexibility index (Phi) is 3.34. The number of nitrogens with zero attached hydrogens (tertiary/aromatic N) is 2. The maximum absolute atomic E-state index is 13.7. The molecule has 5 heteroatoms. The van der Waals surface area contributed by atoms with Gasteiger partial charge in [-0.25, -0.2) is 9.37 Å². The van der Waals surface area contributed by atoms with E-state index < -0.39 is 5.82 Å². The number of anilines is 1. The highest BCUT2D eigenvalue weighted by atomic mass is 19.1. The predicted octanol–water partition coefficient (Wildman–Crippen LogP) is 3.08. The fourth-order valence-electron chi connectivity index (χ4n) is 1.74. The molecule has 0 spiro atoms. The number of halogens is 1. The molecule has 96 valence electrons. The summed E-state index contributed by atoms with van der Waals surface area (Å²) in [7, 11) is 0. The van der Waals surface area contributed by atoms with Gasteiger partial charge in [0, 0.05) is 5.69 Å². The smallest absolute Gasteiger partial charge is 0.238 e. The van der Waals surface area contributed by atoms with E-state index in [4.69, 9.17) is 15.7 Å². The Morgan fingerprint density at radius 3 is 2.74 bits per heavy atom. The highest BCUT2D eigenvalue weighted by Gasteiger charge is 2.15. The van der Waals surface area contributed by atoms with Crippen LogP contribution in [0.3, 0.4) is 0 Å². The van der Waals surface area contributed by atoms with E-state index in [2.05, 4.69) is 4.98 Å². The van der Waals surface area contributed by atoms with Gasteiger partial charge in [0.15, 0.2) is 11.6 Å². The minimum Gasteiger partial charge on any atom is -0.432 e. The molecule has 1 heterocycles. The van der Waals surface area contributed by atoms with Crippen LogP contribution in [0.25, 0.3) is 0 Å². The first-order valence-corrected chi connectivity index (χ1v) is 5.63. The lowest BCUT2D eigenvalue weighted by atomic mass is 10.1. The first-order valence-electron chi connectivity index (χ1n) is 5.63. The van der Waals surface area contributed by atoms with Gasteiger partial charge in [0.2, 0.25) is 5.88 Å². The second-order valence-corrected chi connectivity index (χ2v) is 4.13. The van der Waals surface area contributed by atoms with E-state index in [1.54, 1.807) is 19.9 Å². The monoisotopic (exact) mass is 257 g/mol. The van der Waals surface area contributed by atoms with Gasteiger partial charge in [0.1, 0.15) is 11.6 Å². The van der Waals surface area contributed by atoms with Crippen LogP contribution < -0.4 is 10.5 Å². The molecular formula is C14H12FN3O. The minimum atomic E-state index is -0.593. The number of aryl methyl sites for hydroxylation is 2. The Balaban J connectivity index is 2.53. The largest absolute Gasteiger partial charge is 0.432 e. The van der Waals surface area contributed by atoms with Gasteiger partial charge in [-0.3, -0.25) is 0 Å². The van der Waals surface area contributed by atoms with Crippen molar-refractivity contribution in [2.75, 3.05) is 5.73 Å². The normalized spacial score (nSPS) is 10.0. The van der Waals surface area contributed by atoms with Crippen LogP contribution in [0.1, 0.15) is 16.8 Å². The van der Waals surface area contributed by atoms with Crippen molar-refractivity contribution in [3.8, 4) is 17.7 Å². The average molecular weight is 257 g/mol. The van der Waals surface area contributed by atoms with Crippen molar-refractivity contribution in [2.45, 2.75) is 13.8 Å². The predicted molar refractivity (Wildman–Crippen MR) is 69.3 cm³/mol. The quantitative estimate of drug-likeness (QED) is 0.839. The average Bonchev–Trinajstić information content (AvgIpc) is 2.33. The van der Waals surface area contributed by atoms with Gasteiger partial charge in [-0.05, 0) is 37.6 Å². The summed E-state index contributed by atoms with van der Waals surface area (Å²) in [6.45, 7) is 3.54. The Morgan fingerprint density at radius 1 is 1.37 bits per heavy atom. The molecule has 19 heavy (non-hydrogen) atoms. The molecule has 0 radical (unpaired) electrons. The number of nitrogen functional groups attached to an aromatic ring is 1. The molecule has 0 saturated heterocycles. The minimum absolute atomic E-state index is 0.0665. The van der Waals surface area contributed by atoms with Crippen molar-refractivity contribution < 1.29 is 9.13 Å². The lowest BCUT2D eigenvalue weighted by molar-refractivity contribution is 0.427. The van der Waals surface area contributed by atoms with Crippen LogP contribution in [0.5, 0.6) is 11.6 Å². The molecule has 0 fully saturated rings. The number of aromatic nitrogens is 1. The third-order valence-electron chi connectivity index (χ3n) is 2.62. The molecule has 2 rings (SSSR count). The van der Waals surface area contributed by atoms with E-state index in [0.29, 0.717) is 5.69 Å². The molecule has 0 aliphatic carbocycles. The van der Waals surface area contributed by atoms with E-state index >= 15 is 0 Å². The van der Waals surface area contributed by atoms with Gasteiger partial charge >= 0.3 is 0 Å². The molecule has 0 unspecified atom stereocenters. The number of nitriles is 1. The topological polar surface area (TPSA) is 71.9 Å². The van der Waals surface area contributed by atoms with Gasteiger partial charge in [-0.1, -0.05) is 6.07 Å². The first-order chi connectivity index (χ1) is 9.02. The molecule has 0 atom stereocenters. The molecule has 0 amide bonds. The zero-order valence-electron chi connectivity index (χ0n) is 10.6. The third kappa shape index (κ3) is 2.47. The Labute approximate surface area is 110 Å². The van der Waals surface area contributed by atoms with Gasteiger partial charge in [0.05, 0.1) is 5.69 Å². The summed E-state index contributed by atoms with van der Waals surface area (Å²) in [5.74, 6) is -0.641. The fourth-order valence-corrected chi connectivity index (χ4v) is 1.74. The number of pyridine rings is 1. The lowest BCUT2D eigenvalue weighted by Gasteiger charge is -2.11. The summed E-state index contributed by atoms with van der Waals surface area (Å²) in [4.78, 5) is 4.12. The van der Waals surface area contributed by atoms with Crippen molar-refractivity contribution in [1.82, 2.24) is 4.98 Å². The first kappa shape index (κ1) is 12.8. The van der Waals surface area contributed by atoms with Crippen molar-refractivity contribution in [3.05, 3.63) is 46.9 Å². The van der Waals surface area contributed by atoms with Gasteiger partial charge in [-0.15, -0.1) is 0 Å². The van der Waals surface area contributed by atoms with Crippen molar-refractivity contribution >= 4 is 5.69 Å². The summed E-state index contributed by atoms with van der Waals surface area (Å²) in [5, 5.41) is 9.11. The summed E-state index contributed by atoms with van der Waals surface area (Å²) in [6.07, 6.45) is 0. The number of hydrogen-bond acceptors (Lipinski definition) is 4. The number of rotatable bonds is 2. The van der Waals surface area contributed by atoms with E-state index in [1.165, 1.54) is 18.2 Å². The third-order valence-corrected chi connectivity index (χ3v) is 2.62. The maximum Gasteiger partial charge on any atom is 0.238 e. The van der Waals surface area contributed by atoms with Crippen LogP contribution in [0.15, 0.2) is 24.3 Å². The molecule has 0 saturated carbocycles. The van der Waals surface area contributed by atoms with Gasteiger partial charge in [0.25, 0.3) is 0 Å². The Bertz CT molecular complexity index is 657. The van der Waals surface area contributed by atoms with Gasteiger partial charge < -0.3 is 10.5 Å². The van der Waals surface area contributed by atoms with Crippen LogP contribution in [-0.4, -0.2) is 4.98 Å². The molecule has 0 aliphatic rings. The summed E-state index contributed by atoms with van der Waals surface area (Å²) >= 11 is 0. The molecule has 1 aromatic heterocycles.